The van der Waals surface area contributed by atoms with Gasteiger partial charge in [-0.05, 0) is 51.5 Å². The molecule has 2 rings (SSSR count). The Morgan fingerprint density at radius 3 is 2.47 bits per heavy atom. The average Bonchev–Trinajstić information content (AvgIpc) is 3.06. The number of hydrogen-bond donors (Lipinski definition) is 1. The van der Waals surface area contributed by atoms with Gasteiger partial charge in [-0.3, -0.25) is 4.90 Å². The van der Waals surface area contributed by atoms with Gasteiger partial charge in [0.05, 0.1) is 6.10 Å². The Kier molecular flexibility index (Phi) is 4.45. The maximum absolute atomic E-state index is 6.06. The first-order chi connectivity index (χ1) is 8.24. The first-order valence-corrected chi connectivity index (χ1v) is 7.30. The van der Waals surface area contributed by atoms with Crippen molar-refractivity contribution in [1.29, 1.82) is 0 Å². The fourth-order valence-corrected chi connectivity index (χ4v) is 3.10. The Morgan fingerprint density at radius 1 is 1.29 bits per heavy atom. The Balaban J connectivity index is 1.89. The van der Waals surface area contributed by atoms with Crippen molar-refractivity contribution in [2.75, 3.05) is 26.2 Å². The molecule has 0 spiro atoms. The maximum Gasteiger partial charge on any atom is 0.0611 e. The molecule has 17 heavy (non-hydrogen) atoms. The summed E-state index contributed by atoms with van der Waals surface area (Å²) in [5, 5.41) is 0. The van der Waals surface area contributed by atoms with Crippen LogP contribution in [0.5, 0.6) is 0 Å². The molecule has 0 amide bonds. The minimum absolute atomic E-state index is 0.262. The first kappa shape index (κ1) is 13.3. The molecule has 0 unspecified atom stereocenters. The quantitative estimate of drug-likeness (QED) is 0.705. The van der Waals surface area contributed by atoms with E-state index >= 15 is 0 Å². The van der Waals surface area contributed by atoms with Crippen LogP contribution in [0.15, 0.2) is 0 Å². The number of ether oxygens (including phenoxy) is 1. The summed E-state index contributed by atoms with van der Waals surface area (Å²) in [6, 6.07) is 0. The van der Waals surface area contributed by atoms with Gasteiger partial charge in [0.15, 0.2) is 0 Å². The van der Waals surface area contributed by atoms with E-state index in [1.807, 2.05) is 0 Å². The number of nitrogens with two attached hydrogens (primary N) is 1. The Hall–Kier alpha value is -0.120. The van der Waals surface area contributed by atoms with E-state index in [4.69, 9.17) is 10.5 Å². The highest BCUT2D eigenvalue weighted by molar-refractivity contribution is 5.05. The predicted molar refractivity (Wildman–Crippen MR) is 71.0 cm³/mol. The Morgan fingerprint density at radius 2 is 2.00 bits per heavy atom. The van der Waals surface area contributed by atoms with E-state index in [0.717, 1.165) is 31.9 Å². The second-order valence-electron chi connectivity index (χ2n) is 5.80. The molecule has 100 valence electrons. The van der Waals surface area contributed by atoms with E-state index in [1.165, 1.54) is 32.4 Å². The van der Waals surface area contributed by atoms with Gasteiger partial charge in [-0.15, -0.1) is 0 Å². The monoisotopic (exact) mass is 240 g/mol. The molecule has 2 N–H and O–H groups in total. The van der Waals surface area contributed by atoms with Crippen LogP contribution in [0.3, 0.4) is 0 Å². The zero-order valence-electron chi connectivity index (χ0n) is 11.5. The summed E-state index contributed by atoms with van der Waals surface area (Å²) in [6.45, 7) is 8.45. The fraction of sp³-hybridized carbons (Fsp3) is 1.00. The summed E-state index contributed by atoms with van der Waals surface area (Å²) in [6.07, 6.45) is 6.83. The van der Waals surface area contributed by atoms with Crippen LogP contribution in [0.25, 0.3) is 0 Å². The van der Waals surface area contributed by atoms with E-state index < -0.39 is 0 Å². The molecular formula is C14H28N2O. The van der Waals surface area contributed by atoms with E-state index in [2.05, 4.69) is 18.7 Å². The van der Waals surface area contributed by atoms with Gasteiger partial charge in [-0.2, -0.15) is 0 Å². The van der Waals surface area contributed by atoms with Crippen LogP contribution in [0.1, 0.15) is 46.0 Å². The van der Waals surface area contributed by atoms with Crippen molar-refractivity contribution >= 4 is 0 Å². The highest BCUT2D eigenvalue weighted by Crippen LogP contribution is 2.41. The van der Waals surface area contributed by atoms with Crippen LogP contribution in [0, 0.1) is 5.92 Å². The van der Waals surface area contributed by atoms with Crippen LogP contribution in [0.4, 0.5) is 0 Å². The molecule has 0 heterocycles. The zero-order chi connectivity index (χ0) is 12.3. The van der Waals surface area contributed by atoms with Gasteiger partial charge in [0.1, 0.15) is 0 Å². The summed E-state index contributed by atoms with van der Waals surface area (Å²) >= 11 is 0. The zero-order valence-corrected chi connectivity index (χ0v) is 11.5. The Labute approximate surface area is 106 Å². The molecule has 0 atom stereocenters. The van der Waals surface area contributed by atoms with E-state index in [1.54, 1.807) is 0 Å². The third-order valence-corrected chi connectivity index (χ3v) is 4.34. The van der Waals surface area contributed by atoms with Crippen molar-refractivity contribution in [1.82, 2.24) is 4.90 Å². The van der Waals surface area contributed by atoms with Gasteiger partial charge in [-0.25, -0.2) is 0 Å². The average molecular weight is 240 g/mol. The van der Waals surface area contributed by atoms with E-state index in [0.29, 0.717) is 6.10 Å². The number of hydrogen-bond acceptors (Lipinski definition) is 3. The standard InChI is InChI=1S/C14H28N2O/c1-3-7-16(10-12-5-6-12)14(11-15)8-13(9-14)17-4-2/h12-13H,3-11,15H2,1-2H3. The van der Waals surface area contributed by atoms with Gasteiger partial charge in [0.2, 0.25) is 0 Å². The summed E-state index contributed by atoms with van der Waals surface area (Å²) in [5.41, 5.74) is 6.32. The lowest BCUT2D eigenvalue weighted by Crippen LogP contribution is -2.64. The first-order valence-electron chi connectivity index (χ1n) is 7.30. The SMILES string of the molecule is CCCN(CC1CC1)C1(CN)CC(OCC)C1. The van der Waals surface area contributed by atoms with Crippen LogP contribution in [-0.2, 0) is 4.74 Å². The van der Waals surface area contributed by atoms with Crippen LogP contribution in [0.2, 0.25) is 0 Å². The lowest BCUT2D eigenvalue weighted by atomic mass is 9.72. The molecule has 3 nitrogen and oxygen atoms in total. The summed E-state index contributed by atoms with van der Waals surface area (Å²) < 4.78 is 5.70. The van der Waals surface area contributed by atoms with Crippen LogP contribution in [-0.4, -0.2) is 42.8 Å². The van der Waals surface area contributed by atoms with E-state index in [9.17, 15) is 0 Å². The summed E-state index contributed by atoms with van der Waals surface area (Å²) in [5.74, 6) is 0.955. The lowest BCUT2D eigenvalue weighted by Gasteiger charge is -2.54. The normalized spacial score (nSPS) is 32.8. The second kappa shape index (κ2) is 5.68. The third kappa shape index (κ3) is 3.01. The van der Waals surface area contributed by atoms with Crippen molar-refractivity contribution in [3.63, 3.8) is 0 Å². The van der Waals surface area contributed by atoms with Crippen LogP contribution >= 0.6 is 0 Å². The van der Waals surface area contributed by atoms with Gasteiger partial charge >= 0.3 is 0 Å². The lowest BCUT2D eigenvalue weighted by molar-refractivity contribution is -0.101. The molecule has 0 aliphatic heterocycles. The van der Waals surface area contributed by atoms with Crippen molar-refractivity contribution in [3.05, 3.63) is 0 Å². The molecular weight excluding hydrogens is 212 g/mol. The van der Waals surface area contributed by atoms with Crippen molar-refractivity contribution < 1.29 is 4.74 Å². The third-order valence-electron chi connectivity index (χ3n) is 4.34. The summed E-state index contributed by atoms with van der Waals surface area (Å²) in [7, 11) is 0. The molecule has 0 radical (unpaired) electrons. The molecule has 0 aromatic rings. The molecule has 0 bridgehead atoms. The largest absolute Gasteiger partial charge is 0.378 e. The molecule has 0 aromatic heterocycles. The van der Waals surface area contributed by atoms with E-state index in [-0.39, 0.29) is 5.54 Å². The van der Waals surface area contributed by atoms with Gasteiger partial charge < -0.3 is 10.5 Å². The topological polar surface area (TPSA) is 38.5 Å². The molecule has 2 aliphatic carbocycles. The Bertz CT molecular complexity index is 234. The highest BCUT2D eigenvalue weighted by atomic mass is 16.5. The minimum atomic E-state index is 0.262. The van der Waals surface area contributed by atoms with Crippen molar-refractivity contribution in [2.45, 2.75) is 57.6 Å². The fourth-order valence-electron chi connectivity index (χ4n) is 3.10. The second-order valence-corrected chi connectivity index (χ2v) is 5.80. The molecule has 2 aliphatic rings. The maximum atomic E-state index is 6.06. The molecule has 2 fully saturated rings. The highest BCUT2D eigenvalue weighted by Gasteiger charge is 2.48. The molecule has 0 saturated heterocycles. The molecule has 0 aromatic carbocycles. The smallest absolute Gasteiger partial charge is 0.0611 e. The van der Waals surface area contributed by atoms with Gasteiger partial charge in [-0.1, -0.05) is 6.92 Å². The van der Waals surface area contributed by atoms with Crippen molar-refractivity contribution in [2.24, 2.45) is 11.7 Å². The van der Waals surface area contributed by atoms with Crippen molar-refractivity contribution in [3.8, 4) is 0 Å². The van der Waals surface area contributed by atoms with Gasteiger partial charge in [0, 0.05) is 25.2 Å². The van der Waals surface area contributed by atoms with Crippen LogP contribution < -0.4 is 5.73 Å². The predicted octanol–water partition coefficient (Wildman–Crippen LogP) is 2.00. The summed E-state index contributed by atoms with van der Waals surface area (Å²) in [4.78, 5) is 2.67. The number of nitrogens with zero attached hydrogens (tertiary/aromatic N) is 1. The number of rotatable bonds is 8. The van der Waals surface area contributed by atoms with Gasteiger partial charge in [0.25, 0.3) is 0 Å². The molecule has 2 saturated carbocycles. The minimum Gasteiger partial charge on any atom is -0.378 e. The molecule has 3 heteroatoms.